The largest absolute Gasteiger partial charge is 0.497 e. The minimum Gasteiger partial charge on any atom is -0.497 e. The average molecular weight is 487 g/mol. The summed E-state index contributed by atoms with van der Waals surface area (Å²) >= 11 is 0. The zero-order valence-electron chi connectivity index (χ0n) is 20.4. The van der Waals surface area contributed by atoms with Crippen molar-refractivity contribution in [1.82, 2.24) is 9.36 Å². The Balaban J connectivity index is 1.56. The third kappa shape index (κ3) is 4.72. The zero-order chi connectivity index (χ0) is 25.8. The summed E-state index contributed by atoms with van der Waals surface area (Å²) in [5, 5.41) is 5.51. The normalized spacial score (nSPS) is 10.6. The van der Waals surface area contributed by atoms with Crippen molar-refractivity contribution in [2.75, 3.05) is 24.9 Å². The van der Waals surface area contributed by atoms with Crippen LogP contribution in [-0.4, -0.2) is 35.4 Å². The predicted octanol–water partition coefficient (Wildman–Crippen LogP) is 4.01. The Hall–Kier alpha value is -4.79. The summed E-state index contributed by atoms with van der Waals surface area (Å²) in [5.41, 5.74) is 2.14. The number of rotatable bonds is 7. The summed E-state index contributed by atoms with van der Waals surface area (Å²) in [6.45, 7) is 1.76. The number of carbonyl (C=O) groups excluding carboxylic acids is 2. The monoisotopic (exact) mass is 486 g/mol. The quantitative estimate of drug-likeness (QED) is 0.411. The SMILES string of the molecule is COc1ccc(C(=O)Nc2cccc(C(=O)Nc3c(C)n(C)n(-c4ccccc4)c3=O)c2)c(OC)c1. The van der Waals surface area contributed by atoms with Gasteiger partial charge in [-0.1, -0.05) is 24.3 Å². The molecule has 0 spiro atoms. The summed E-state index contributed by atoms with van der Waals surface area (Å²) in [6, 6.07) is 20.5. The standard InChI is InChI=1S/C27H26N4O5/c1-17-24(27(34)31(30(17)2)20-11-6-5-7-12-20)29-25(32)18-9-8-10-19(15-18)28-26(33)22-14-13-21(35-3)16-23(22)36-4/h5-16H,1-4H3,(H,28,33)(H,29,32). The Morgan fingerprint density at radius 2 is 1.58 bits per heavy atom. The number of nitrogens with one attached hydrogen (secondary N) is 2. The minimum absolute atomic E-state index is 0.184. The molecule has 0 aliphatic carbocycles. The van der Waals surface area contributed by atoms with Crippen molar-refractivity contribution in [3.05, 3.63) is 100.0 Å². The molecule has 0 saturated heterocycles. The molecule has 0 aliphatic heterocycles. The van der Waals surface area contributed by atoms with Crippen molar-refractivity contribution in [2.24, 2.45) is 7.05 Å². The van der Waals surface area contributed by atoms with E-state index in [1.807, 2.05) is 30.3 Å². The van der Waals surface area contributed by atoms with Crippen LogP contribution in [0.5, 0.6) is 11.5 Å². The van der Waals surface area contributed by atoms with E-state index in [4.69, 9.17) is 9.47 Å². The van der Waals surface area contributed by atoms with Gasteiger partial charge in [0.05, 0.1) is 31.2 Å². The number of nitrogens with zero attached hydrogens (tertiary/aromatic N) is 2. The van der Waals surface area contributed by atoms with Crippen LogP contribution in [0.3, 0.4) is 0 Å². The minimum atomic E-state index is -0.473. The molecule has 1 aromatic heterocycles. The van der Waals surface area contributed by atoms with E-state index in [-0.39, 0.29) is 16.8 Å². The fraction of sp³-hybridized carbons (Fsp3) is 0.148. The number of benzene rings is 3. The maximum Gasteiger partial charge on any atom is 0.295 e. The van der Waals surface area contributed by atoms with Gasteiger partial charge < -0.3 is 20.1 Å². The second-order valence-electron chi connectivity index (χ2n) is 7.99. The number of aromatic nitrogens is 2. The summed E-state index contributed by atoms with van der Waals surface area (Å²) in [5.74, 6) is 0.0375. The first-order valence-corrected chi connectivity index (χ1v) is 11.1. The first-order valence-electron chi connectivity index (χ1n) is 11.1. The van der Waals surface area contributed by atoms with Crippen LogP contribution in [0.25, 0.3) is 5.69 Å². The first-order chi connectivity index (χ1) is 17.3. The van der Waals surface area contributed by atoms with Crippen LogP contribution in [0, 0.1) is 6.92 Å². The van der Waals surface area contributed by atoms with Crippen LogP contribution in [0.2, 0.25) is 0 Å². The molecule has 9 nitrogen and oxygen atoms in total. The van der Waals surface area contributed by atoms with Crippen molar-refractivity contribution < 1.29 is 19.1 Å². The second-order valence-corrected chi connectivity index (χ2v) is 7.99. The second kappa shape index (κ2) is 10.2. The van der Waals surface area contributed by atoms with Crippen LogP contribution < -0.4 is 25.7 Å². The maximum atomic E-state index is 13.1. The van der Waals surface area contributed by atoms with Crippen LogP contribution >= 0.6 is 0 Å². The molecule has 0 unspecified atom stereocenters. The predicted molar refractivity (Wildman–Crippen MR) is 138 cm³/mol. The topological polar surface area (TPSA) is 104 Å². The fourth-order valence-electron chi connectivity index (χ4n) is 3.82. The lowest BCUT2D eigenvalue weighted by Crippen LogP contribution is -2.23. The van der Waals surface area contributed by atoms with E-state index in [0.717, 1.165) is 0 Å². The number of para-hydroxylation sites is 1. The first kappa shape index (κ1) is 24.3. The Labute approximate surface area is 207 Å². The maximum absolute atomic E-state index is 13.1. The third-order valence-electron chi connectivity index (χ3n) is 5.83. The smallest absolute Gasteiger partial charge is 0.295 e. The molecule has 184 valence electrons. The van der Waals surface area contributed by atoms with Crippen molar-refractivity contribution in [1.29, 1.82) is 0 Å². The molecule has 0 fully saturated rings. The third-order valence-corrected chi connectivity index (χ3v) is 5.83. The summed E-state index contributed by atoms with van der Waals surface area (Å²) in [4.78, 5) is 39.0. The van der Waals surface area contributed by atoms with Crippen LogP contribution in [0.15, 0.2) is 77.6 Å². The molecule has 4 rings (SSSR count). The summed E-state index contributed by atoms with van der Waals surface area (Å²) < 4.78 is 13.6. The Morgan fingerprint density at radius 1 is 0.833 bits per heavy atom. The highest BCUT2D eigenvalue weighted by Crippen LogP contribution is 2.26. The molecule has 9 heteroatoms. The molecule has 0 atom stereocenters. The van der Waals surface area contributed by atoms with Crippen LogP contribution in [0.1, 0.15) is 26.4 Å². The van der Waals surface area contributed by atoms with Gasteiger partial charge in [-0.15, -0.1) is 0 Å². The van der Waals surface area contributed by atoms with E-state index in [9.17, 15) is 14.4 Å². The zero-order valence-corrected chi connectivity index (χ0v) is 20.4. The lowest BCUT2D eigenvalue weighted by molar-refractivity contribution is 0.101. The van der Waals surface area contributed by atoms with Gasteiger partial charge in [0.25, 0.3) is 17.4 Å². The van der Waals surface area contributed by atoms with E-state index in [1.54, 1.807) is 55.1 Å². The highest BCUT2D eigenvalue weighted by Gasteiger charge is 2.19. The molecule has 3 aromatic carbocycles. The summed E-state index contributed by atoms with van der Waals surface area (Å²) in [6.07, 6.45) is 0. The van der Waals surface area contributed by atoms with Crippen molar-refractivity contribution >= 4 is 23.2 Å². The number of amides is 2. The van der Waals surface area contributed by atoms with Crippen molar-refractivity contribution in [2.45, 2.75) is 6.92 Å². The molecular weight excluding hydrogens is 460 g/mol. The molecule has 36 heavy (non-hydrogen) atoms. The van der Waals surface area contributed by atoms with Crippen molar-refractivity contribution in [3.8, 4) is 17.2 Å². The average Bonchev–Trinajstić information content (AvgIpc) is 3.11. The Kier molecular flexibility index (Phi) is 6.91. The highest BCUT2D eigenvalue weighted by molar-refractivity contribution is 6.08. The fourth-order valence-corrected chi connectivity index (χ4v) is 3.82. The van der Waals surface area contributed by atoms with Crippen LogP contribution in [-0.2, 0) is 7.05 Å². The van der Waals surface area contributed by atoms with E-state index in [0.29, 0.717) is 34.1 Å². The molecule has 4 aromatic rings. The molecule has 0 saturated carbocycles. The van der Waals surface area contributed by atoms with Gasteiger partial charge in [0.2, 0.25) is 0 Å². The van der Waals surface area contributed by atoms with E-state index in [1.165, 1.54) is 25.0 Å². The number of hydrogen-bond acceptors (Lipinski definition) is 5. The molecular formula is C27H26N4O5. The van der Waals surface area contributed by atoms with Gasteiger partial charge >= 0.3 is 0 Å². The lowest BCUT2D eigenvalue weighted by Gasteiger charge is -2.11. The number of carbonyl (C=O) groups is 2. The number of anilines is 2. The van der Waals surface area contributed by atoms with E-state index < -0.39 is 11.8 Å². The Morgan fingerprint density at radius 3 is 2.28 bits per heavy atom. The van der Waals surface area contributed by atoms with Gasteiger partial charge in [-0.2, -0.15) is 0 Å². The van der Waals surface area contributed by atoms with Gasteiger partial charge in [0.1, 0.15) is 17.2 Å². The van der Waals surface area contributed by atoms with Gasteiger partial charge in [0.15, 0.2) is 0 Å². The molecule has 0 aliphatic rings. The molecule has 1 heterocycles. The molecule has 2 N–H and O–H groups in total. The van der Waals surface area contributed by atoms with Gasteiger partial charge in [-0.05, 0) is 49.4 Å². The van der Waals surface area contributed by atoms with Gasteiger partial charge in [-0.25, -0.2) is 4.68 Å². The number of methoxy groups -OCH3 is 2. The lowest BCUT2D eigenvalue weighted by atomic mass is 10.1. The number of hydrogen-bond donors (Lipinski definition) is 2. The van der Waals surface area contributed by atoms with E-state index in [2.05, 4.69) is 10.6 Å². The number of ether oxygens (including phenoxy) is 2. The van der Waals surface area contributed by atoms with Crippen LogP contribution in [0.4, 0.5) is 11.4 Å². The van der Waals surface area contributed by atoms with Gasteiger partial charge in [-0.3, -0.25) is 19.1 Å². The highest BCUT2D eigenvalue weighted by atomic mass is 16.5. The van der Waals surface area contributed by atoms with E-state index >= 15 is 0 Å². The van der Waals surface area contributed by atoms with Gasteiger partial charge in [0, 0.05) is 24.4 Å². The summed E-state index contributed by atoms with van der Waals surface area (Å²) in [7, 11) is 4.75. The molecule has 0 radical (unpaired) electrons. The molecule has 0 bridgehead atoms. The molecule has 2 amide bonds. The van der Waals surface area contributed by atoms with Crippen molar-refractivity contribution in [3.63, 3.8) is 0 Å². The Bertz CT molecular complexity index is 1490.